The number of nitrogens with zero attached hydrogens (tertiary/aromatic N) is 1. The van der Waals surface area contributed by atoms with Crippen molar-refractivity contribution in [3.8, 4) is 23.3 Å². The van der Waals surface area contributed by atoms with Crippen LogP contribution in [0.2, 0.25) is 0 Å². The van der Waals surface area contributed by atoms with Crippen LogP contribution < -0.4 is 19.7 Å². The van der Waals surface area contributed by atoms with E-state index in [2.05, 4.69) is 17.2 Å². The fraction of sp³-hybridized carbons (Fsp3) is 0.231. The van der Waals surface area contributed by atoms with Crippen LogP contribution in [0.1, 0.15) is 6.42 Å². The van der Waals surface area contributed by atoms with E-state index in [1.165, 1.54) is 0 Å². The van der Waals surface area contributed by atoms with Crippen LogP contribution in [0.4, 0.5) is 5.69 Å². The fourth-order valence-corrected chi connectivity index (χ4v) is 3.74. The monoisotopic (exact) mass is 428 g/mol. The van der Waals surface area contributed by atoms with Gasteiger partial charge in [-0.2, -0.15) is 0 Å². The molecule has 1 aliphatic rings. The molecular formula is C26H24N2O4. The van der Waals surface area contributed by atoms with Gasteiger partial charge in [0.2, 0.25) is 11.8 Å². The minimum Gasteiger partial charge on any atom is -0.497 e. The summed E-state index contributed by atoms with van der Waals surface area (Å²) in [6.45, 7) is 0.784. The lowest BCUT2D eigenvalue weighted by Gasteiger charge is -2.17. The zero-order valence-electron chi connectivity index (χ0n) is 17.8. The first-order chi connectivity index (χ1) is 15.7. The summed E-state index contributed by atoms with van der Waals surface area (Å²) in [5.41, 5.74) is 0.732. The lowest BCUT2D eigenvalue weighted by molar-refractivity contribution is -0.126. The summed E-state index contributed by atoms with van der Waals surface area (Å²) in [4.78, 5) is 26.5. The number of anilines is 1. The van der Waals surface area contributed by atoms with E-state index < -0.39 is 5.92 Å². The second kappa shape index (κ2) is 9.88. The summed E-state index contributed by atoms with van der Waals surface area (Å²) in [5.74, 6) is 6.63. The van der Waals surface area contributed by atoms with Crippen LogP contribution in [0.5, 0.6) is 11.5 Å². The molecule has 1 aliphatic heterocycles. The van der Waals surface area contributed by atoms with Gasteiger partial charge in [-0.05, 0) is 23.6 Å². The molecule has 162 valence electrons. The first kappa shape index (κ1) is 21.3. The molecule has 1 N–H and O–H groups in total. The molecule has 0 spiro atoms. The highest BCUT2D eigenvalue weighted by Crippen LogP contribution is 2.28. The van der Waals surface area contributed by atoms with Crippen LogP contribution >= 0.6 is 0 Å². The molecule has 4 rings (SSSR count). The summed E-state index contributed by atoms with van der Waals surface area (Å²) in [5, 5.41) is 4.95. The normalized spacial score (nSPS) is 15.2. The van der Waals surface area contributed by atoms with Crippen molar-refractivity contribution in [1.29, 1.82) is 0 Å². The fourth-order valence-electron chi connectivity index (χ4n) is 3.74. The number of ether oxygens (including phenoxy) is 2. The Hall–Kier alpha value is -3.98. The highest BCUT2D eigenvalue weighted by Gasteiger charge is 2.35. The Bertz CT molecular complexity index is 1190. The number of amides is 2. The Morgan fingerprint density at radius 1 is 1.09 bits per heavy atom. The Morgan fingerprint density at radius 2 is 1.91 bits per heavy atom. The third kappa shape index (κ3) is 4.84. The van der Waals surface area contributed by atoms with Crippen molar-refractivity contribution in [2.75, 3.05) is 31.7 Å². The van der Waals surface area contributed by atoms with Crippen molar-refractivity contribution >= 4 is 28.3 Å². The van der Waals surface area contributed by atoms with Gasteiger partial charge in [-0.15, -0.1) is 0 Å². The Morgan fingerprint density at radius 3 is 2.78 bits per heavy atom. The number of hydrogen-bond donors (Lipinski definition) is 1. The second-order valence-electron chi connectivity index (χ2n) is 7.44. The Kier molecular flexibility index (Phi) is 6.57. The number of carbonyl (C=O) groups excluding carboxylic acids is 2. The molecule has 0 bridgehead atoms. The van der Waals surface area contributed by atoms with Crippen molar-refractivity contribution in [2.24, 2.45) is 5.92 Å². The highest BCUT2D eigenvalue weighted by molar-refractivity contribution is 6.00. The summed E-state index contributed by atoms with van der Waals surface area (Å²) in [7, 11) is 1.58. The largest absolute Gasteiger partial charge is 0.497 e. The van der Waals surface area contributed by atoms with Gasteiger partial charge in [-0.25, -0.2) is 0 Å². The van der Waals surface area contributed by atoms with E-state index in [1.807, 2.05) is 60.7 Å². The Balaban J connectivity index is 1.26. The van der Waals surface area contributed by atoms with Crippen molar-refractivity contribution < 1.29 is 19.1 Å². The average Bonchev–Trinajstić information content (AvgIpc) is 3.23. The van der Waals surface area contributed by atoms with Gasteiger partial charge in [0.05, 0.1) is 19.6 Å². The molecular weight excluding hydrogens is 404 g/mol. The van der Waals surface area contributed by atoms with Gasteiger partial charge in [0.25, 0.3) is 0 Å². The number of rotatable bonds is 6. The molecule has 0 saturated carbocycles. The molecule has 0 aromatic heterocycles. The van der Waals surface area contributed by atoms with Crippen LogP contribution in [-0.4, -0.2) is 38.6 Å². The Labute approximate surface area is 187 Å². The summed E-state index contributed by atoms with van der Waals surface area (Å²) >= 11 is 0. The van der Waals surface area contributed by atoms with Crippen LogP contribution in [0, 0.1) is 17.8 Å². The van der Waals surface area contributed by atoms with Crippen LogP contribution in [0.25, 0.3) is 10.8 Å². The lowest BCUT2D eigenvalue weighted by Crippen LogP contribution is -2.33. The molecule has 0 radical (unpaired) electrons. The van der Waals surface area contributed by atoms with E-state index >= 15 is 0 Å². The molecule has 3 aromatic rings. The maximum absolute atomic E-state index is 12.5. The molecule has 1 saturated heterocycles. The van der Waals surface area contributed by atoms with Gasteiger partial charge in [0.1, 0.15) is 18.1 Å². The smallest absolute Gasteiger partial charge is 0.227 e. The van der Waals surface area contributed by atoms with E-state index in [-0.39, 0.29) is 31.4 Å². The van der Waals surface area contributed by atoms with Gasteiger partial charge in [-0.1, -0.05) is 54.3 Å². The van der Waals surface area contributed by atoms with E-state index in [1.54, 1.807) is 18.1 Å². The highest BCUT2D eigenvalue weighted by atomic mass is 16.5. The second-order valence-corrected chi connectivity index (χ2v) is 7.44. The molecule has 3 aromatic carbocycles. The van der Waals surface area contributed by atoms with Crippen LogP contribution in [0.3, 0.4) is 0 Å². The maximum atomic E-state index is 12.5. The predicted octanol–water partition coefficient (Wildman–Crippen LogP) is 3.40. The summed E-state index contributed by atoms with van der Waals surface area (Å²) in [6.07, 6.45) is 0.181. The van der Waals surface area contributed by atoms with Gasteiger partial charge >= 0.3 is 0 Å². The van der Waals surface area contributed by atoms with E-state index in [9.17, 15) is 9.59 Å². The number of methoxy groups -OCH3 is 1. The van der Waals surface area contributed by atoms with Gasteiger partial charge in [0.15, 0.2) is 0 Å². The molecule has 6 heteroatoms. The van der Waals surface area contributed by atoms with E-state index in [0.717, 1.165) is 22.2 Å². The number of carbonyl (C=O) groups is 2. The molecule has 32 heavy (non-hydrogen) atoms. The zero-order valence-corrected chi connectivity index (χ0v) is 17.8. The first-order valence-electron chi connectivity index (χ1n) is 10.4. The molecule has 1 unspecified atom stereocenters. The SMILES string of the molecule is COc1cccc(N2CC(C(=O)NCC#CCOc3cccc4ccccc34)CC2=O)c1. The number of benzene rings is 3. The third-order valence-corrected chi connectivity index (χ3v) is 5.39. The van der Waals surface area contributed by atoms with Crippen LogP contribution in [0.15, 0.2) is 66.7 Å². The molecule has 0 aliphatic carbocycles. The third-order valence-electron chi connectivity index (χ3n) is 5.39. The van der Waals surface area contributed by atoms with Gasteiger partial charge in [0, 0.05) is 30.1 Å². The average molecular weight is 428 g/mol. The van der Waals surface area contributed by atoms with Crippen molar-refractivity contribution in [3.05, 3.63) is 66.7 Å². The lowest BCUT2D eigenvalue weighted by atomic mass is 10.1. The van der Waals surface area contributed by atoms with E-state index in [4.69, 9.17) is 9.47 Å². The topological polar surface area (TPSA) is 67.9 Å². The zero-order chi connectivity index (χ0) is 22.3. The van der Waals surface area contributed by atoms with E-state index in [0.29, 0.717) is 12.3 Å². The summed E-state index contributed by atoms with van der Waals surface area (Å²) in [6, 6.07) is 21.2. The summed E-state index contributed by atoms with van der Waals surface area (Å²) < 4.78 is 11.0. The van der Waals surface area contributed by atoms with Gasteiger partial charge < -0.3 is 19.7 Å². The number of nitrogens with one attached hydrogen (secondary N) is 1. The minimum absolute atomic E-state index is 0.0759. The first-order valence-corrected chi connectivity index (χ1v) is 10.4. The quantitative estimate of drug-likeness (QED) is 0.611. The molecule has 1 atom stereocenters. The predicted molar refractivity (Wildman–Crippen MR) is 124 cm³/mol. The molecule has 6 nitrogen and oxygen atoms in total. The standard InChI is InChI=1S/C26H24N2O4/c1-31-22-11-7-10-21(17-22)28-18-20(16-25(28)29)26(30)27-14-4-5-15-32-24-13-6-9-19-8-2-3-12-23(19)24/h2-3,6-13,17,20H,14-16,18H2,1H3,(H,27,30). The van der Waals surface area contributed by atoms with Crippen LogP contribution in [-0.2, 0) is 9.59 Å². The molecule has 1 heterocycles. The van der Waals surface area contributed by atoms with Crippen molar-refractivity contribution in [2.45, 2.75) is 6.42 Å². The van der Waals surface area contributed by atoms with Crippen molar-refractivity contribution in [1.82, 2.24) is 5.32 Å². The number of fused-ring (bicyclic) bond motifs is 1. The maximum Gasteiger partial charge on any atom is 0.227 e. The number of hydrogen-bond acceptors (Lipinski definition) is 4. The van der Waals surface area contributed by atoms with Crippen molar-refractivity contribution in [3.63, 3.8) is 0 Å². The molecule has 2 amide bonds. The van der Waals surface area contributed by atoms with Gasteiger partial charge in [-0.3, -0.25) is 9.59 Å². The minimum atomic E-state index is -0.401. The molecule has 1 fully saturated rings.